The van der Waals surface area contributed by atoms with Crippen molar-refractivity contribution in [3.63, 3.8) is 0 Å². The number of amides is 1. The maximum absolute atomic E-state index is 11.2. The molecule has 12 heavy (non-hydrogen) atoms. The normalized spacial score (nSPS) is 16.7. The molecule has 1 aromatic carbocycles. The molecular weight excluding hydrogens is 150 g/mol. The zero-order chi connectivity index (χ0) is 8.13. The third-order valence-electron chi connectivity index (χ3n) is 2.23. The van der Waals surface area contributed by atoms with Crippen LogP contribution in [0.4, 0.5) is 0 Å². The standard InChI is InChI=1S/C10H5NO/c12-10-7-5-4-6-2-1-3-8(11-10)9(6)7/h1-5H. The van der Waals surface area contributed by atoms with Crippen LogP contribution in [0, 0.1) is 0 Å². The second-order valence-electron chi connectivity index (χ2n) is 2.91. The summed E-state index contributed by atoms with van der Waals surface area (Å²) in [7, 11) is 0. The molecule has 0 radical (unpaired) electrons. The number of benzene rings is 1. The molecule has 0 saturated carbocycles. The minimum atomic E-state index is -0.105. The fourth-order valence-electron chi connectivity index (χ4n) is 1.69. The van der Waals surface area contributed by atoms with Crippen LogP contribution in [0.3, 0.4) is 0 Å². The zero-order valence-electron chi connectivity index (χ0n) is 6.24. The van der Waals surface area contributed by atoms with Crippen LogP contribution in [-0.2, 0) is 4.79 Å². The van der Waals surface area contributed by atoms with E-state index < -0.39 is 0 Å². The molecule has 0 N–H and O–H groups in total. The van der Waals surface area contributed by atoms with Gasteiger partial charge in [0.2, 0.25) is 0 Å². The largest absolute Gasteiger partial charge is 0.278 e. The Morgan fingerprint density at radius 2 is 2.08 bits per heavy atom. The lowest BCUT2D eigenvalue weighted by molar-refractivity contribution is -0.112. The van der Waals surface area contributed by atoms with Crippen molar-refractivity contribution in [1.82, 2.24) is 0 Å². The minimum absolute atomic E-state index is 0.105. The van der Waals surface area contributed by atoms with Crippen LogP contribution < -0.4 is 10.6 Å². The van der Waals surface area contributed by atoms with Gasteiger partial charge in [-0.25, -0.2) is 4.99 Å². The number of carbonyl (C=O) groups excluding carboxylic acids is 1. The van der Waals surface area contributed by atoms with Crippen molar-refractivity contribution in [3.8, 4) is 0 Å². The Bertz CT molecular complexity index is 537. The van der Waals surface area contributed by atoms with E-state index >= 15 is 0 Å². The van der Waals surface area contributed by atoms with Crippen LogP contribution in [0.2, 0.25) is 0 Å². The molecule has 0 atom stereocenters. The van der Waals surface area contributed by atoms with Crippen molar-refractivity contribution in [1.29, 1.82) is 0 Å². The summed E-state index contributed by atoms with van der Waals surface area (Å²) in [5.41, 5.74) is 1.86. The summed E-state index contributed by atoms with van der Waals surface area (Å²) in [4.78, 5) is 15.2. The zero-order valence-corrected chi connectivity index (χ0v) is 6.24. The van der Waals surface area contributed by atoms with Crippen LogP contribution in [0.5, 0.6) is 0 Å². The van der Waals surface area contributed by atoms with Crippen LogP contribution in [0.15, 0.2) is 29.3 Å². The van der Waals surface area contributed by atoms with Crippen LogP contribution in [0.25, 0.3) is 11.6 Å². The maximum atomic E-state index is 11.2. The Balaban J connectivity index is 2.70. The highest BCUT2D eigenvalue weighted by molar-refractivity contribution is 6.21. The van der Waals surface area contributed by atoms with Crippen molar-refractivity contribution in [2.75, 3.05) is 0 Å². The third-order valence-corrected chi connectivity index (χ3v) is 2.23. The average molecular weight is 155 g/mol. The summed E-state index contributed by atoms with van der Waals surface area (Å²) in [5.74, 6) is -0.105. The average Bonchev–Trinajstić information content (AvgIpc) is 2.60. The number of carbonyl (C=O) groups is 1. The molecule has 0 fully saturated rings. The second kappa shape index (κ2) is 1.72. The smallest absolute Gasteiger partial charge is 0.267 e. The fraction of sp³-hybridized carbons (Fsp3) is 0. The first-order valence-corrected chi connectivity index (χ1v) is 3.81. The number of rotatable bonds is 0. The molecule has 0 bridgehead atoms. The predicted molar refractivity (Wildman–Crippen MR) is 44.7 cm³/mol. The maximum Gasteiger partial charge on any atom is 0.278 e. The molecule has 0 unspecified atom stereocenters. The van der Waals surface area contributed by atoms with Crippen molar-refractivity contribution in [2.24, 2.45) is 4.99 Å². The molecule has 1 aromatic rings. The van der Waals surface area contributed by atoms with E-state index in [4.69, 9.17) is 0 Å². The van der Waals surface area contributed by atoms with Crippen LogP contribution >= 0.6 is 0 Å². The van der Waals surface area contributed by atoms with E-state index in [1.54, 1.807) is 0 Å². The molecule has 2 aliphatic rings. The van der Waals surface area contributed by atoms with Gasteiger partial charge in [0.1, 0.15) is 0 Å². The van der Waals surface area contributed by atoms with Crippen LogP contribution in [-0.4, -0.2) is 5.91 Å². The molecule has 1 heterocycles. The summed E-state index contributed by atoms with van der Waals surface area (Å²) in [6.45, 7) is 0. The quantitative estimate of drug-likeness (QED) is 0.519. The summed E-state index contributed by atoms with van der Waals surface area (Å²) in [5, 5.41) is 1.83. The van der Waals surface area contributed by atoms with E-state index in [-0.39, 0.29) is 5.91 Å². The highest BCUT2D eigenvalue weighted by Crippen LogP contribution is 2.12. The highest BCUT2D eigenvalue weighted by Gasteiger charge is 2.18. The van der Waals surface area contributed by atoms with Gasteiger partial charge >= 0.3 is 0 Å². The first-order chi connectivity index (χ1) is 5.86. The van der Waals surface area contributed by atoms with Gasteiger partial charge in [0, 0.05) is 5.22 Å². The molecule has 0 spiro atoms. The molecule has 2 nitrogen and oxygen atoms in total. The topological polar surface area (TPSA) is 29.4 Å². The van der Waals surface area contributed by atoms with Gasteiger partial charge in [0.05, 0.1) is 10.9 Å². The van der Waals surface area contributed by atoms with E-state index in [0.717, 1.165) is 21.7 Å². The van der Waals surface area contributed by atoms with E-state index in [0.29, 0.717) is 0 Å². The van der Waals surface area contributed by atoms with Crippen LogP contribution in [0.1, 0.15) is 5.56 Å². The summed E-state index contributed by atoms with van der Waals surface area (Å²) >= 11 is 0. The van der Waals surface area contributed by atoms with E-state index in [9.17, 15) is 4.79 Å². The van der Waals surface area contributed by atoms with Gasteiger partial charge in [0.25, 0.3) is 5.91 Å². The number of hydrogen-bond donors (Lipinski definition) is 0. The van der Waals surface area contributed by atoms with Gasteiger partial charge in [-0.2, -0.15) is 0 Å². The van der Waals surface area contributed by atoms with Crippen molar-refractivity contribution in [2.45, 2.75) is 0 Å². The first kappa shape index (κ1) is 5.89. The molecule has 2 heteroatoms. The Labute approximate surface area is 68.6 Å². The molecule has 0 aromatic heterocycles. The minimum Gasteiger partial charge on any atom is -0.267 e. The van der Waals surface area contributed by atoms with Gasteiger partial charge in [-0.15, -0.1) is 0 Å². The Morgan fingerprint density at radius 1 is 1.17 bits per heavy atom. The SMILES string of the molecule is O=C1N=c2cccc3c2=C1C=C3. The lowest BCUT2D eigenvalue weighted by atomic mass is 10.2. The second-order valence-corrected chi connectivity index (χ2v) is 2.91. The lowest BCUT2D eigenvalue weighted by Gasteiger charge is -1.87. The summed E-state index contributed by atoms with van der Waals surface area (Å²) in [6, 6.07) is 5.79. The Morgan fingerprint density at radius 3 is 3.00 bits per heavy atom. The lowest BCUT2D eigenvalue weighted by Crippen LogP contribution is -2.23. The van der Waals surface area contributed by atoms with Gasteiger partial charge < -0.3 is 0 Å². The fourth-order valence-corrected chi connectivity index (χ4v) is 1.69. The van der Waals surface area contributed by atoms with Gasteiger partial charge in [0.15, 0.2) is 0 Å². The van der Waals surface area contributed by atoms with Gasteiger partial charge in [-0.05, 0) is 17.7 Å². The Kier molecular flexibility index (Phi) is 0.844. The van der Waals surface area contributed by atoms with Crippen molar-refractivity contribution >= 4 is 17.6 Å². The summed E-state index contributed by atoms with van der Waals surface area (Å²) in [6.07, 6.45) is 3.80. The summed E-state index contributed by atoms with van der Waals surface area (Å²) < 4.78 is 0. The van der Waals surface area contributed by atoms with E-state index in [1.165, 1.54) is 0 Å². The molecule has 3 rings (SSSR count). The molecule has 56 valence electrons. The monoisotopic (exact) mass is 155 g/mol. The van der Waals surface area contributed by atoms with Gasteiger partial charge in [-0.3, -0.25) is 4.79 Å². The predicted octanol–water partition coefficient (Wildman–Crippen LogP) is 0.0239. The van der Waals surface area contributed by atoms with E-state index in [2.05, 4.69) is 4.99 Å². The first-order valence-electron chi connectivity index (χ1n) is 3.81. The molecular formula is C10H5NO. The van der Waals surface area contributed by atoms with Crippen molar-refractivity contribution in [3.05, 3.63) is 40.4 Å². The van der Waals surface area contributed by atoms with Gasteiger partial charge in [-0.1, -0.05) is 18.2 Å². The number of nitrogens with zero attached hydrogens (tertiary/aromatic N) is 1. The van der Waals surface area contributed by atoms with Crippen molar-refractivity contribution < 1.29 is 4.79 Å². The number of hydrogen-bond acceptors (Lipinski definition) is 1. The highest BCUT2D eigenvalue weighted by atomic mass is 16.1. The molecule has 1 aliphatic carbocycles. The molecule has 1 amide bonds. The molecule has 1 aliphatic heterocycles. The Hall–Kier alpha value is -1.70. The van der Waals surface area contributed by atoms with E-state index in [1.807, 2.05) is 30.4 Å². The molecule has 0 saturated heterocycles. The third kappa shape index (κ3) is 0.515.